The van der Waals surface area contributed by atoms with Gasteiger partial charge in [-0.3, -0.25) is 9.59 Å². The number of fused-ring (bicyclic) bond motifs is 2. The summed E-state index contributed by atoms with van der Waals surface area (Å²) in [4.78, 5) is 23.5. The zero-order valence-electron chi connectivity index (χ0n) is 10.4. The van der Waals surface area contributed by atoms with Crippen LogP contribution < -0.4 is 5.32 Å². The van der Waals surface area contributed by atoms with E-state index in [-0.39, 0.29) is 11.7 Å². The van der Waals surface area contributed by atoms with Gasteiger partial charge in [-0.15, -0.1) is 0 Å². The third-order valence-corrected chi connectivity index (χ3v) is 3.62. The number of benzene rings is 1. The summed E-state index contributed by atoms with van der Waals surface area (Å²) in [7, 11) is 0. The minimum absolute atomic E-state index is 0.0950. The van der Waals surface area contributed by atoms with Gasteiger partial charge in [-0.1, -0.05) is 12.2 Å². The Kier molecular flexibility index (Phi) is 2.94. The molecule has 4 atom stereocenters. The third-order valence-electron chi connectivity index (χ3n) is 3.62. The van der Waals surface area contributed by atoms with Gasteiger partial charge in [-0.05, 0) is 24.3 Å². The number of aliphatic carboxylic acids is 1. The first kappa shape index (κ1) is 12.7. The molecule has 6 nitrogen and oxygen atoms in total. The van der Waals surface area contributed by atoms with Gasteiger partial charge in [0.25, 0.3) is 0 Å². The van der Waals surface area contributed by atoms with Crippen molar-refractivity contribution in [2.24, 2.45) is 11.8 Å². The van der Waals surface area contributed by atoms with Crippen LogP contribution in [0.2, 0.25) is 0 Å². The molecule has 3 rings (SSSR count). The fraction of sp³-hybridized carbons (Fsp3) is 0.286. The molecule has 1 fully saturated rings. The first-order valence-electron chi connectivity index (χ1n) is 6.23. The highest BCUT2D eigenvalue weighted by atomic mass is 16.5. The van der Waals surface area contributed by atoms with Crippen molar-refractivity contribution in [3.63, 3.8) is 0 Å². The average Bonchev–Trinajstić information content (AvgIpc) is 3.01. The molecule has 1 saturated heterocycles. The van der Waals surface area contributed by atoms with Crippen molar-refractivity contribution in [1.82, 2.24) is 0 Å². The van der Waals surface area contributed by atoms with Gasteiger partial charge < -0.3 is 20.3 Å². The van der Waals surface area contributed by atoms with Gasteiger partial charge in [0.05, 0.1) is 18.1 Å². The second kappa shape index (κ2) is 4.64. The SMILES string of the molecule is O=C(O)[C@H]1[C@H](C(=O)Nc2ccc(O)cc2)[C@H]2C=C[C@H]1O2. The zero-order valence-corrected chi connectivity index (χ0v) is 10.4. The summed E-state index contributed by atoms with van der Waals surface area (Å²) in [5.41, 5.74) is 0.503. The molecule has 1 aromatic carbocycles. The van der Waals surface area contributed by atoms with Gasteiger partial charge in [0.15, 0.2) is 0 Å². The Bertz CT molecular complexity index is 580. The highest BCUT2D eigenvalue weighted by molar-refractivity contribution is 5.96. The van der Waals surface area contributed by atoms with E-state index in [0.717, 1.165) is 0 Å². The Morgan fingerprint density at radius 1 is 1.05 bits per heavy atom. The average molecular weight is 275 g/mol. The van der Waals surface area contributed by atoms with Crippen LogP contribution in [0.15, 0.2) is 36.4 Å². The van der Waals surface area contributed by atoms with Crippen LogP contribution in [-0.4, -0.2) is 34.3 Å². The molecule has 2 aliphatic rings. The molecule has 104 valence electrons. The van der Waals surface area contributed by atoms with Gasteiger partial charge >= 0.3 is 5.97 Å². The molecule has 20 heavy (non-hydrogen) atoms. The van der Waals surface area contributed by atoms with E-state index in [1.165, 1.54) is 12.1 Å². The highest BCUT2D eigenvalue weighted by Gasteiger charge is 2.53. The van der Waals surface area contributed by atoms with Crippen LogP contribution in [0.5, 0.6) is 5.75 Å². The fourth-order valence-corrected chi connectivity index (χ4v) is 2.69. The number of carbonyl (C=O) groups is 2. The quantitative estimate of drug-likeness (QED) is 0.564. The highest BCUT2D eigenvalue weighted by Crippen LogP contribution is 2.39. The summed E-state index contributed by atoms with van der Waals surface area (Å²) in [6.07, 6.45) is 2.39. The van der Waals surface area contributed by atoms with Gasteiger partial charge in [0.1, 0.15) is 11.7 Å². The number of amides is 1. The molecule has 1 aromatic rings. The van der Waals surface area contributed by atoms with Gasteiger partial charge in [-0.25, -0.2) is 0 Å². The Labute approximate surface area is 114 Å². The van der Waals surface area contributed by atoms with E-state index >= 15 is 0 Å². The van der Waals surface area contributed by atoms with Crippen LogP contribution in [0.25, 0.3) is 0 Å². The molecule has 0 saturated carbocycles. The number of ether oxygens (including phenoxy) is 1. The predicted molar refractivity (Wildman–Crippen MR) is 69.2 cm³/mol. The second-order valence-electron chi connectivity index (χ2n) is 4.88. The molecule has 0 radical (unpaired) electrons. The number of carboxylic acids is 1. The van der Waals surface area contributed by atoms with E-state index in [0.29, 0.717) is 5.69 Å². The molecule has 0 aromatic heterocycles. The van der Waals surface area contributed by atoms with Gasteiger partial charge in [-0.2, -0.15) is 0 Å². The molecule has 2 aliphatic heterocycles. The molecule has 0 unspecified atom stereocenters. The number of carboxylic acid groups (broad SMARTS) is 1. The molecule has 3 N–H and O–H groups in total. The van der Waals surface area contributed by atoms with Crippen LogP contribution >= 0.6 is 0 Å². The number of rotatable bonds is 3. The number of hydrogen-bond acceptors (Lipinski definition) is 4. The third kappa shape index (κ3) is 2.04. The van der Waals surface area contributed by atoms with Crippen molar-refractivity contribution in [3.05, 3.63) is 36.4 Å². The molecule has 2 bridgehead atoms. The lowest BCUT2D eigenvalue weighted by atomic mass is 9.82. The van der Waals surface area contributed by atoms with Crippen LogP contribution in [0.1, 0.15) is 0 Å². The predicted octanol–water partition coefficient (Wildman–Crippen LogP) is 0.985. The van der Waals surface area contributed by atoms with Crippen LogP contribution in [0.3, 0.4) is 0 Å². The molecule has 2 heterocycles. The molecule has 0 aliphatic carbocycles. The van der Waals surface area contributed by atoms with Gasteiger partial charge in [0, 0.05) is 5.69 Å². The lowest BCUT2D eigenvalue weighted by Crippen LogP contribution is -2.39. The molecule has 6 heteroatoms. The van der Waals surface area contributed by atoms with E-state index in [1.807, 2.05) is 0 Å². The zero-order chi connectivity index (χ0) is 14.3. The summed E-state index contributed by atoms with van der Waals surface area (Å²) in [5.74, 6) is -2.93. The van der Waals surface area contributed by atoms with Gasteiger partial charge in [0.2, 0.25) is 5.91 Å². The van der Waals surface area contributed by atoms with E-state index < -0.39 is 30.0 Å². The van der Waals surface area contributed by atoms with E-state index in [2.05, 4.69) is 5.32 Å². The number of anilines is 1. The Morgan fingerprint density at radius 3 is 2.25 bits per heavy atom. The summed E-state index contributed by atoms with van der Waals surface area (Å²) >= 11 is 0. The first-order valence-corrected chi connectivity index (χ1v) is 6.23. The van der Waals surface area contributed by atoms with E-state index in [4.69, 9.17) is 4.74 Å². The van der Waals surface area contributed by atoms with Crippen molar-refractivity contribution >= 4 is 17.6 Å². The number of aromatic hydroxyl groups is 1. The van der Waals surface area contributed by atoms with Crippen LogP contribution in [0.4, 0.5) is 5.69 Å². The second-order valence-corrected chi connectivity index (χ2v) is 4.88. The maximum atomic E-state index is 12.3. The maximum absolute atomic E-state index is 12.3. The summed E-state index contributed by atoms with van der Waals surface area (Å²) in [5, 5.41) is 21.1. The molecule has 1 amide bonds. The fourth-order valence-electron chi connectivity index (χ4n) is 2.69. The maximum Gasteiger partial charge on any atom is 0.310 e. The Morgan fingerprint density at radius 2 is 1.65 bits per heavy atom. The van der Waals surface area contributed by atoms with Crippen LogP contribution in [0, 0.1) is 11.8 Å². The van der Waals surface area contributed by atoms with E-state index in [9.17, 15) is 19.8 Å². The summed E-state index contributed by atoms with van der Waals surface area (Å²) in [6, 6.07) is 5.99. The number of carbonyl (C=O) groups excluding carboxylic acids is 1. The number of nitrogens with one attached hydrogen (secondary N) is 1. The minimum atomic E-state index is -1.03. The molecule has 0 spiro atoms. The molecular weight excluding hydrogens is 262 g/mol. The normalized spacial score (nSPS) is 30.4. The number of phenolic OH excluding ortho intramolecular Hbond substituents is 1. The standard InChI is InChI=1S/C14H13NO5/c16-8-3-1-7(2-4-8)15-13(17)11-9-5-6-10(20-9)12(11)14(18)19/h1-6,9-12,16H,(H,15,17)(H,18,19)/t9-,10-,11-,12-/m1/s1. The lowest BCUT2D eigenvalue weighted by molar-refractivity contribution is -0.145. The van der Waals surface area contributed by atoms with Crippen LogP contribution in [-0.2, 0) is 14.3 Å². The largest absolute Gasteiger partial charge is 0.508 e. The van der Waals surface area contributed by atoms with Crippen molar-refractivity contribution in [2.75, 3.05) is 5.32 Å². The monoisotopic (exact) mass is 275 g/mol. The van der Waals surface area contributed by atoms with Crippen molar-refractivity contribution in [1.29, 1.82) is 0 Å². The van der Waals surface area contributed by atoms with E-state index in [1.54, 1.807) is 24.3 Å². The summed E-state index contributed by atoms with van der Waals surface area (Å²) < 4.78 is 5.44. The Balaban J connectivity index is 1.78. The topological polar surface area (TPSA) is 95.9 Å². The number of phenols is 1. The Hall–Kier alpha value is -2.34. The lowest BCUT2D eigenvalue weighted by Gasteiger charge is -2.20. The molecular formula is C14H13NO5. The number of hydrogen-bond donors (Lipinski definition) is 3. The van der Waals surface area contributed by atoms with Crippen molar-refractivity contribution < 1.29 is 24.5 Å². The van der Waals surface area contributed by atoms with Crippen molar-refractivity contribution in [2.45, 2.75) is 12.2 Å². The minimum Gasteiger partial charge on any atom is -0.508 e. The summed E-state index contributed by atoms with van der Waals surface area (Å²) in [6.45, 7) is 0. The first-order chi connectivity index (χ1) is 9.56. The smallest absolute Gasteiger partial charge is 0.310 e. The van der Waals surface area contributed by atoms with Crippen molar-refractivity contribution in [3.8, 4) is 5.75 Å².